The Kier molecular flexibility index (Phi) is 21.5. The van der Waals surface area contributed by atoms with Gasteiger partial charge < -0.3 is 5.73 Å². The number of hydrogen-bond acceptors (Lipinski definition) is 8. The molecule has 0 amide bonds. The highest BCUT2D eigenvalue weighted by atomic mass is 32.2. The summed E-state index contributed by atoms with van der Waals surface area (Å²) in [4.78, 5) is 4.73. The van der Waals surface area contributed by atoms with Crippen molar-refractivity contribution in [2.45, 2.75) is 174 Å². The molecule has 0 fully saturated rings. The van der Waals surface area contributed by atoms with Crippen molar-refractivity contribution >= 4 is 39.9 Å². The van der Waals surface area contributed by atoms with Crippen molar-refractivity contribution in [2.75, 3.05) is 11.5 Å². The fourth-order valence-corrected chi connectivity index (χ4v) is 7.90. The van der Waals surface area contributed by atoms with Crippen molar-refractivity contribution in [3.8, 4) is 5.69 Å². The molecule has 0 saturated carbocycles. The molecule has 1 aromatic carbocycles. The lowest BCUT2D eigenvalue weighted by atomic mass is 9.95. The van der Waals surface area contributed by atoms with E-state index in [1.807, 2.05) is 30.3 Å². The minimum atomic E-state index is 0.506. The van der Waals surface area contributed by atoms with Crippen LogP contribution < -0.4 is 5.73 Å². The zero-order valence-electron chi connectivity index (χ0n) is 30.5. The third kappa shape index (κ3) is 16.0. The van der Waals surface area contributed by atoms with Crippen molar-refractivity contribution in [1.29, 1.82) is 0 Å². The zero-order valence-corrected chi connectivity index (χ0v) is 32.1. The third-order valence-corrected chi connectivity index (χ3v) is 11.0. The molecular formula is C39H65N7S2. The maximum atomic E-state index is 6.55. The normalized spacial score (nSPS) is 12.4. The highest BCUT2D eigenvalue weighted by Crippen LogP contribution is 2.33. The van der Waals surface area contributed by atoms with Gasteiger partial charge in [0.2, 0.25) is 10.3 Å². The van der Waals surface area contributed by atoms with E-state index in [-0.39, 0.29) is 0 Å². The van der Waals surface area contributed by atoms with Crippen LogP contribution in [0.1, 0.15) is 168 Å². The minimum absolute atomic E-state index is 0.506. The Morgan fingerprint density at radius 3 is 1.81 bits per heavy atom. The van der Waals surface area contributed by atoms with Crippen LogP contribution in [0.15, 0.2) is 45.7 Å². The highest BCUT2D eigenvalue weighted by molar-refractivity contribution is 7.99. The molecule has 0 aliphatic rings. The molecule has 0 saturated heterocycles. The lowest BCUT2D eigenvalue weighted by molar-refractivity contribution is 0.435. The molecule has 2 aromatic heterocycles. The molecule has 0 radical (unpaired) electrons. The second-order valence-electron chi connectivity index (χ2n) is 13.5. The van der Waals surface area contributed by atoms with Gasteiger partial charge in [0.1, 0.15) is 0 Å². The Labute approximate surface area is 301 Å². The summed E-state index contributed by atoms with van der Waals surface area (Å²) in [5.74, 6) is 2.31. The molecule has 0 spiro atoms. The number of aromatic nitrogens is 4. The van der Waals surface area contributed by atoms with E-state index in [1.54, 1.807) is 16.4 Å². The number of aryl methyl sites for hydroxylation is 1. The molecule has 0 bridgehead atoms. The van der Waals surface area contributed by atoms with E-state index in [0.29, 0.717) is 16.6 Å². The number of nitrogens with zero attached hydrogens (tertiary/aromatic N) is 6. The monoisotopic (exact) mass is 695 g/mol. The Morgan fingerprint density at radius 2 is 1.25 bits per heavy atom. The van der Waals surface area contributed by atoms with Gasteiger partial charge in [0, 0.05) is 17.3 Å². The van der Waals surface area contributed by atoms with Gasteiger partial charge in [-0.2, -0.15) is 14.5 Å². The standard InChI is InChI=1S/C39H65N7S2/c1-4-7-10-12-14-16-17-19-21-24-28-33(27-23-20-18-15-13-11-8-5-2)32-47-39-41-38(48-45-39)43-42-36-35(31-9-6-3)44-46(37(36)40)34-29-25-22-26-30-34/h22,25-26,29-30,33H,4-21,23-24,27-28,31-32,40H2,1-3H3. The van der Waals surface area contributed by atoms with Gasteiger partial charge >= 0.3 is 0 Å². The van der Waals surface area contributed by atoms with Crippen molar-refractivity contribution < 1.29 is 0 Å². The highest BCUT2D eigenvalue weighted by Gasteiger charge is 2.17. The zero-order chi connectivity index (χ0) is 34.1. The van der Waals surface area contributed by atoms with E-state index in [2.05, 4.69) is 35.4 Å². The summed E-state index contributed by atoms with van der Waals surface area (Å²) in [7, 11) is 0. The lowest BCUT2D eigenvalue weighted by Crippen LogP contribution is -2.05. The Balaban J connectivity index is 1.51. The van der Waals surface area contributed by atoms with Gasteiger partial charge in [-0.05, 0) is 43.7 Å². The molecule has 3 rings (SSSR count). The van der Waals surface area contributed by atoms with E-state index in [9.17, 15) is 0 Å². The summed E-state index contributed by atoms with van der Waals surface area (Å²) in [6.45, 7) is 6.77. The number of para-hydroxylation sites is 1. The van der Waals surface area contributed by atoms with Crippen LogP contribution in [-0.4, -0.2) is 24.9 Å². The molecule has 268 valence electrons. The van der Waals surface area contributed by atoms with Crippen LogP contribution in [0.3, 0.4) is 0 Å². The number of azo groups is 1. The summed E-state index contributed by atoms with van der Waals surface area (Å²) < 4.78 is 6.40. The van der Waals surface area contributed by atoms with Gasteiger partial charge in [-0.3, -0.25) is 0 Å². The van der Waals surface area contributed by atoms with E-state index >= 15 is 0 Å². The average molecular weight is 696 g/mol. The predicted octanol–water partition coefficient (Wildman–Crippen LogP) is 13.6. The van der Waals surface area contributed by atoms with Crippen LogP contribution in [0.4, 0.5) is 16.6 Å². The Morgan fingerprint density at radius 1 is 0.708 bits per heavy atom. The molecular weight excluding hydrogens is 631 g/mol. The number of nitrogens with two attached hydrogens (primary N) is 1. The van der Waals surface area contributed by atoms with Crippen molar-refractivity contribution in [1.82, 2.24) is 19.1 Å². The number of benzene rings is 1. The number of hydrogen-bond donors (Lipinski definition) is 1. The molecule has 1 unspecified atom stereocenters. The van der Waals surface area contributed by atoms with Crippen LogP contribution in [0, 0.1) is 5.92 Å². The molecule has 2 heterocycles. The Bertz CT molecular complexity index is 1240. The second-order valence-corrected chi connectivity index (χ2v) is 15.2. The van der Waals surface area contributed by atoms with Gasteiger partial charge in [0.05, 0.1) is 11.4 Å². The van der Waals surface area contributed by atoms with E-state index < -0.39 is 0 Å². The van der Waals surface area contributed by atoms with Crippen LogP contribution in [0.2, 0.25) is 0 Å². The molecule has 7 nitrogen and oxygen atoms in total. The third-order valence-electron chi connectivity index (χ3n) is 9.24. The lowest BCUT2D eigenvalue weighted by Gasteiger charge is -2.16. The first-order valence-corrected chi connectivity index (χ1v) is 21.2. The fourth-order valence-electron chi connectivity index (χ4n) is 6.24. The topological polar surface area (TPSA) is 94.3 Å². The number of thioether (sulfide) groups is 1. The van der Waals surface area contributed by atoms with Gasteiger partial charge in [0.15, 0.2) is 11.5 Å². The van der Waals surface area contributed by atoms with Crippen LogP contribution in [0.5, 0.6) is 0 Å². The second kappa shape index (κ2) is 25.7. The number of rotatable bonds is 29. The van der Waals surface area contributed by atoms with E-state index in [4.69, 9.17) is 15.8 Å². The first-order chi connectivity index (χ1) is 23.7. The van der Waals surface area contributed by atoms with Crippen molar-refractivity contribution in [3.63, 3.8) is 0 Å². The van der Waals surface area contributed by atoms with Gasteiger partial charge in [-0.25, -0.2) is 4.68 Å². The van der Waals surface area contributed by atoms with Crippen molar-refractivity contribution in [2.24, 2.45) is 16.1 Å². The fraction of sp³-hybridized carbons (Fsp3) is 0.718. The number of unbranched alkanes of at least 4 members (excludes halogenated alkanes) is 17. The van der Waals surface area contributed by atoms with E-state index in [0.717, 1.165) is 47.5 Å². The van der Waals surface area contributed by atoms with E-state index in [1.165, 1.54) is 140 Å². The summed E-state index contributed by atoms with van der Waals surface area (Å²) in [5, 5.41) is 15.2. The molecule has 1 atom stereocenters. The molecule has 0 aliphatic carbocycles. The number of nitrogen functional groups attached to an aromatic ring is 1. The predicted molar refractivity (Wildman–Crippen MR) is 209 cm³/mol. The quantitative estimate of drug-likeness (QED) is 0.0443. The minimum Gasteiger partial charge on any atom is -0.382 e. The van der Waals surface area contributed by atoms with Crippen molar-refractivity contribution in [3.05, 3.63) is 36.0 Å². The molecule has 3 aromatic rings. The first kappa shape index (κ1) is 40.2. The summed E-state index contributed by atoms with van der Waals surface area (Å²) in [6.07, 6.45) is 30.5. The molecule has 0 aliphatic heterocycles. The molecule has 48 heavy (non-hydrogen) atoms. The summed E-state index contributed by atoms with van der Waals surface area (Å²) in [5.41, 5.74) is 8.98. The molecule has 2 N–H and O–H groups in total. The Hall–Kier alpha value is -2.26. The van der Waals surface area contributed by atoms with Gasteiger partial charge in [-0.1, -0.05) is 173 Å². The molecule has 9 heteroatoms. The smallest absolute Gasteiger partial charge is 0.250 e. The average Bonchev–Trinajstić information content (AvgIpc) is 3.70. The summed E-state index contributed by atoms with van der Waals surface area (Å²) in [6, 6.07) is 9.97. The van der Waals surface area contributed by atoms with Crippen LogP contribution in [-0.2, 0) is 6.42 Å². The largest absolute Gasteiger partial charge is 0.382 e. The number of anilines is 1. The maximum absolute atomic E-state index is 6.55. The maximum Gasteiger partial charge on any atom is 0.250 e. The SMILES string of the molecule is CCCCCCCCCCCCC(CCCCCCCCCC)CSc1nsc(N=Nc2c(CCCC)nn(-c3ccccc3)c2N)n1. The summed E-state index contributed by atoms with van der Waals surface area (Å²) >= 11 is 3.10. The van der Waals surface area contributed by atoms with Gasteiger partial charge in [0.25, 0.3) is 0 Å². The first-order valence-electron chi connectivity index (χ1n) is 19.5. The van der Waals surface area contributed by atoms with Crippen LogP contribution in [0.25, 0.3) is 5.69 Å². The van der Waals surface area contributed by atoms with Gasteiger partial charge in [-0.15, -0.1) is 10.2 Å². The van der Waals surface area contributed by atoms with Crippen LogP contribution >= 0.6 is 23.3 Å².